The summed E-state index contributed by atoms with van der Waals surface area (Å²) in [6, 6.07) is 2.34. The van der Waals surface area contributed by atoms with Crippen molar-refractivity contribution < 1.29 is 27.9 Å². The van der Waals surface area contributed by atoms with E-state index in [4.69, 9.17) is 4.74 Å². The van der Waals surface area contributed by atoms with Crippen molar-refractivity contribution in [1.82, 2.24) is 9.71 Å². The lowest BCUT2D eigenvalue weighted by Gasteiger charge is -2.21. The summed E-state index contributed by atoms with van der Waals surface area (Å²) >= 11 is 0.865. The summed E-state index contributed by atoms with van der Waals surface area (Å²) in [7, 11) is -2.95. The van der Waals surface area contributed by atoms with Crippen molar-refractivity contribution in [1.29, 1.82) is 0 Å². The van der Waals surface area contributed by atoms with Crippen LogP contribution in [0.2, 0.25) is 0 Å². The van der Waals surface area contributed by atoms with Crippen LogP contribution in [-0.4, -0.2) is 37.6 Å². The number of ether oxygens (including phenoxy) is 1. The predicted molar refractivity (Wildman–Crippen MR) is 130 cm³/mol. The second-order valence-electron chi connectivity index (χ2n) is 9.12. The number of hydrogen-bond acceptors (Lipinski definition) is 8. The zero-order valence-corrected chi connectivity index (χ0v) is 21.6. The molecule has 0 aliphatic heterocycles. The molecule has 0 unspecified atom stereocenters. The Morgan fingerprint density at radius 2 is 1.68 bits per heavy atom. The number of carbonyl (C=O) groups is 2. The molecular formula is C23H31N3O6S2. The van der Waals surface area contributed by atoms with Crippen molar-refractivity contribution in [2.75, 3.05) is 12.4 Å². The van der Waals surface area contributed by atoms with Gasteiger partial charge in [-0.05, 0) is 47.9 Å². The molecule has 1 saturated carbocycles. The number of esters is 1. The fraction of sp³-hybridized carbons (Fsp3) is 0.522. The van der Waals surface area contributed by atoms with Crippen molar-refractivity contribution in [3.8, 4) is 0 Å². The average molecular weight is 510 g/mol. The number of anilines is 1. The quantitative estimate of drug-likeness (QED) is 0.469. The first-order valence-corrected chi connectivity index (χ1v) is 13.5. The van der Waals surface area contributed by atoms with Crippen LogP contribution in [0.15, 0.2) is 22.7 Å². The maximum absolute atomic E-state index is 12.8. The van der Waals surface area contributed by atoms with Gasteiger partial charge in [0.15, 0.2) is 0 Å². The summed E-state index contributed by atoms with van der Waals surface area (Å²) in [5.74, 6) is -0.628. The zero-order valence-electron chi connectivity index (χ0n) is 20.0. The van der Waals surface area contributed by atoms with Crippen LogP contribution in [0, 0.1) is 0 Å². The first kappa shape index (κ1) is 26.1. The minimum absolute atomic E-state index is 0.0670. The number of benzene rings is 1. The van der Waals surface area contributed by atoms with Crippen molar-refractivity contribution in [3.05, 3.63) is 39.9 Å². The predicted octanol–water partition coefficient (Wildman–Crippen LogP) is 4.45. The molecule has 1 aliphatic rings. The van der Waals surface area contributed by atoms with E-state index < -0.39 is 27.6 Å². The number of hydrogen-bond donors (Lipinski definition) is 3. The molecule has 0 atom stereocenters. The number of sulfonamides is 1. The highest BCUT2D eigenvalue weighted by atomic mass is 32.2. The molecule has 1 aromatic heterocycles. The summed E-state index contributed by atoms with van der Waals surface area (Å²) in [6.07, 6.45) is 4.20. The van der Waals surface area contributed by atoms with E-state index in [1.165, 1.54) is 13.3 Å². The fourth-order valence-electron chi connectivity index (χ4n) is 4.09. The number of thiazole rings is 1. The average Bonchev–Trinajstić information content (AvgIpc) is 3.43. The van der Waals surface area contributed by atoms with Crippen molar-refractivity contribution in [2.24, 2.45) is 0 Å². The molecule has 1 aromatic carbocycles. The van der Waals surface area contributed by atoms with Gasteiger partial charge >= 0.3 is 12.0 Å². The Morgan fingerprint density at radius 3 is 2.18 bits per heavy atom. The number of carbonyl (C=O) groups excluding carboxylic acids is 2. The maximum atomic E-state index is 12.8. The van der Waals surface area contributed by atoms with E-state index in [1.54, 1.807) is 12.1 Å². The van der Waals surface area contributed by atoms with Crippen molar-refractivity contribution in [2.45, 2.75) is 75.2 Å². The smallest absolute Gasteiger partial charge is 0.337 e. The molecular weight excluding hydrogens is 478 g/mol. The van der Waals surface area contributed by atoms with E-state index in [1.807, 2.05) is 32.4 Å². The Bertz CT molecular complexity index is 1150. The van der Waals surface area contributed by atoms with Crippen LogP contribution in [0.1, 0.15) is 91.6 Å². The molecule has 2 aromatic rings. The molecule has 34 heavy (non-hydrogen) atoms. The first-order chi connectivity index (χ1) is 15.9. The Morgan fingerprint density at radius 1 is 1.12 bits per heavy atom. The molecule has 3 rings (SSSR count). The summed E-state index contributed by atoms with van der Waals surface area (Å²) in [6.45, 7) is 7.63. The molecule has 186 valence electrons. The number of aliphatic hydroxyl groups is 1. The molecule has 1 aliphatic carbocycles. The monoisotopic (exact) mass is 509 g/mol. The Labute approximate surface area is 204 Å². The van der Waals surface area contributed by atoms with Crippen LogP contribution >= 0.6 is 11.3 Å². The van der Waals surface area contributed by atoms with Crippen molar-refractivity contribution >= 4 is 39.0 Å². The maximum Gasteiger partial charge on any atom is 0.337 e. The second-order valence-corrected chi connectivity index (χ2v) is 12.0. The lowest BCUT2D eigenvalue weighted by atomic mass is 9.90. The normalized spacial score (nSPS) is 15.5. The lowest BCUT2D eigenvalue weighted by Crippen LogP contribution is -2.35. The number of rotatable bonds is 7. The molecule has 0 spiro atoms. The molecule has 0 radical (unpaired) electrons. The summed E-state index contributed by atoms with van der Waals surface area (Å²) < 4.78 is 32.2. The van der Waals surface area contributed by atoms with Gasteiger partial charge in [-0.15, -0.1) is 11.3 Å². The van der Waals surface area contributed by atoms with Crippen LogP contribution in [0.5, 0.6) is 0 Å². The van der Waals surface area contributed by atoms with Gasteiger partial charge in [0.25, 0.3) is 10.0 Å². The highest BCUT2D eigenvalue weighted by Crippen LogP contribution is 2.41. The summed E-state index contributed by atoms with van der Waals surface area (Å²) in [4.78, 5) is 29.3. The van der Waals surface area contributed by atoms with E-state index >= 15 is 0 Å². The molecule has 1 heterocycles. The highest BCUT2D eigenvalue weighted by Gasteiger charge is 2.36. The molecule has 0 saturated heterocycles. The number of aromatic nitrogens is 1. The molecule has 9 nitrogen and oxygen atoms in total. The van der Waals surface area contributed by atoms with Gasteiger partial charge in [-0.3, -0.25) is 0 Å². The number of nitrogens with zero attached hydrogens (tertiary/aromatic N) is 1. The number of nitrogens with one attached hydrogen (secondary N) is 2. The van der Waals surface area contributed by atoms with Gasteiger partial charge in [0.1, 0.15) is 5.60 Å². The van der Waals surface area contributed by atoms with Gasteiger partial charge in [-0.2, -0.15) is 8.42 Å². The van der Waals surface area contributed by atoms with Crippen LogP contribution in [-0.2, 0) is 20.4 Å². The summed E-state index contributed by atoms with van der Waals surface area (Å²) in [5.41, 5.74) is 1.10. The first-order valence-electron chi connectivity index (χ1n) is 11.2. The number of methoxy groups -OCH3 is 1. The van der Waals surface area contributed by atoms with Gasteiger partial charge in [0.05, 0.1) is 17.6 Å². The molecule has 11 heteroatoms. The zero-order chi connectivity index (χ0) is 25.3. The van der Waals surface area contributed by atoms with Crippen LogP contribution < -0.4 is 10.0 Å². The van der Waals surface area contributed by atoms with Crippen LogP contribution in [0.3, 0.4) is 0 Å². The molecule has 3 N–H and O–H groups in total. The minimum Gasteiger partial charge on any atom is -0.465 e. The van der Waals surface area contributed by atoms with Crippen LogP contribution in [0.4, 0.5) is 10.5 Å². The lowest BCUT2D eigenvalue weighted by molar-refractivity contribution is 0.0480. The molecule has 2 amide bonds. The van der Waals surface area contributed by atoms with Crippen LogP contribution in [0.25, 0.3) is 0 Å². The second kappa shape index (κ2) is 10.0. The standard InChI is InChI=1S/C23H31N3O6S2/c1-13(2)16-10-15(20(27)32-5)11-17(14(3)4)19(16)25-21(28)26-34(30,31)22-24-12-18(33-22)23(29)8-6-7-9-23/h10-14,29H,6-9H2,1-5H3,(H2,25,26,28). The SMILES string of the molecule is COC(=O)c1cc(C(C)C)c(NC(=O)NS(=O)(=O)c2ncc(C3(O)CCCC3)s2)c(C(C)C)c1. The van der Waals surface area contributed by atoms with E-state index in [-0.39, 0.29) is 16.2 Å². The third-order valence-electron chi connectivity index (χ3n) is 5.93. The topological polar surface area (TPSA) is 135 Å². The van der Waals surface area contributed by atoms with E-state index in [0.29, 0.717) is 40.1 Å². The van der Waals surface area contributed by atoms with Crippen molar-refractivity contribution in [3.63, 3.8) is 0 Å². The van der Waals surface area contributed by atoms with Gasteiger partial charge in [0.2, 0.25) is 4.34 Å². The number of amides is 2. The molecule has 1 fully saturated rings. The third-order valence-corrected chi connectivity index (χ3v) is 8.85. The van der Waals surface area contributed by atoms with Gasteiger partial charge < -0.3 is 15.2 Å². The number of urea groups is 1. The van der Waals surface area contributed by atoms with Gasteiger partial charge in [-0.1, -0.05) is 40.5 Å². The third kappa shape index (κ3) is 5.42. The Kier molecular flexibility index (Phi) is 7.69. The largest absolute Gasteiger partial charge is 0.465 e. The van der Waals surface area contributed by atoms with E-state index in [2.05, 4.69) is 10.3 Å². The summed E-state index contributed by atoms with van der Waals surface area (Å²) in [5, 5.41) is 13.4. The van der Waals surface area contributed by atoms with Gasteiger partial charge in [-0.25, -0.2) is 19.3 Å². The Balaban J connectivity index is 1.88. The van der Waals surface area contributed by atoms with Gasteiger partial charge in [0, 0.05) is 11.9 Å². The van der Waals surface area contributed by atoms with E-state index in [9.17, 15) is 23.1 Å². The fourth-order valence-corrected chi connectivity index (χ4v) is 6.29. The Hall–Kier alpha value is -2.50. The highest BCUT2D eigenvalue weighted by molar-refractivity contribution is 7.92. The molecule has 0 bridgehead atoms. The van der Waals surface area contributed by atoms with E-state index in [0.717, 1.165) is 24.2 Å². The minimum atomic E-state index is -4.25.